The number of fused-ring (bicyclic) bond motifs is 7. The maximum atomic E-state index is 10.3. The third-order valence-corrected chi connectivity index (χ3v) is 11.5. The molecule has 0 aromatic rings. The van der Waals surface area contributed by atoms with Crippen LogP contribution in [-0.2, 0) is 9.47 Å². The van der Waals surface area contributed by atoms with E-state index in [4.69, 9.17) is 9.47 Å². The second-order valence-electron chi connectivity index (χ2n) is 13.2. The van der Waals surface area contributed by atoms with E-state index in [1.54, 1.807) is 5.57 Å². The smallest absolute Gasteiger partial charge is 0.172 e. The number of allylic oxidation sites excluding steroid dienone is 1. The number of hydrogen-bond donors (Lipinski definition) is 2. The second-order valence-corrected chi connectivity index (χ2v) is 13.2. The molecule has 2 saturated heterocycles. The van der Waals surface area contributed by atoms with Crippen molar-refractivity contribution in [1.82, 2.24) is 0 Å². The standard InChI is InChI=1S/C27H42O4/c1-16-23-22(31-27(16)13-24(2,14-28)15-30-27)12-21-19-6-5-17-11-18(29)7-9-25(17,3)20(19)8-10-26(21,23)4/h5,16,18-23,28-29H,6-15H2,1-4H3/t16-,18-,19+,20-,21-,22-,23-,24-,25-,26-,27+/m0/s1. The van der Waals surface area contributed by atoms with Crippen molar-refractivity contribution in [1.29, 1.82) is 0 Å². The van der Waals surface area contributed by atoms with Crippen molar-refractivity contribution in [3.05, 3.63) is 11.6 Å². The Bertz CT molecular complexity index is 794. The van der Waals surface area contributed by atoms with Gasteiger partial charge in [-0.25, -0.2) is 0 Å². The van der Waals surface area contributed by atoms with Gasteiger partial charge in [-0.15, -0.1) is 0 Å². The molecule has 0 aromatic heterocycles. The lowest BCUT2D eigenvalue weighted by Gasteiger charge is -2.58. The lowest BCUT2D eigenvalue weighted by atomic mass is 9.47. The van der Waals surface area contributed by atoms with Gasteiger partial charge in [0.05, 0.1) is 25.4 Å². The normalized spacial score (nSPS) is 60.3. The second kappa shape index (κ2) is 6.58. The Kier molecular flexibility index (Phi) is 4.49. The van der Waals surface area contributed by atoms with Gasteiger partial charge in [0.25, 0.3) is 0 Å². The summed E-state index contributed by atoms with van der Waals surface area (Å²) < 4.78 is 13.2. The van der Waals surface area contributed by atoms with Crippen molar-refractivity contribution in [3.63, 3.8) is 0 Å². The molecule has 0 radical (unpaired) electrons. The molecule has 31 heavy (non-hydrogen) atoms. The molecule has 2 heterocycles. The Balaban J connectivity index is 1.28. The zero-order valence-corrected chi connectivity index (χ0v) is 19.9. The van der Waals surface area contributed by atoms with Gasteiger partial charge < -0.3 is 19.7 Å². The van der Waals surface area contributed by atoms with Crippen molar-refractivity contribution in [2.45, 2.75) is 97.1 Å². The van der Waals surface area contributed by atoms with Gasteiger partial charge in [0.15, 0.2) is 5.79 Å². The highest BCUT2D eigenvalue weighted by Crippen LogP contribution is 2.71. The predicted octanol–water partition coefficient (Wildman–Crippen LogP) is 4.69. The monoisotopic (exact) mass is 430 g/mol. The van der Waals surface area contributed by atoms with Gasteiger partial charge in [-0.1, -0.05) is 39.3 Å². The Morgan fingerprint density at radius 2 is 1.94 bits per heavy atom. The van der Waals surface area contributed by atoms with Crippen molar-refractivity contribution in [2.75, 3.05) is 13.2 Å². The molecule has 0 amide bonds. The molecular formula is C27H42O4. The first-order chi connectivity index (χ1) is 14.6. The summed E-state index contributed by atoms with van der Waals surface area (Å²) in [5.41, 5.74) is 2.01. The minimum atomic E-state index is -0.483. The van der Waals surface area contributed by atoms with E-state index in [0.717, 1.165) is 43.4 Å². The molecule has 2 N–H and O–H groups in total. The number of aliphatic hydroxyl groups is 2. The molecule has 0 unspecified atom stereocenters. The summed E-state index contributed by atoms with van der Waals surface area (Å²) >= 11 is 0. The van der Waals surface area contributed by atoms with Crippen LogP contribution in [0.1, 0.15) is 79.1 Å². The third-order valence-electron chi connectivity index (χ3n) is 11.5. The van der Waals surface area contributed by atoms with Gasteiger partial charge >= 0.3 is 0 Å². The van der Waals surface area contributed by atoms with Gasteiger partial charge in [0, 0.05) is 17.8 Å². The molecule has 6 aliphatic rings. The first-order valence-electron chi connectivity index (χ1n) is 12.9. The van der Waals surface area contributed by atoms with Crippen LogP contribution in [0.15, 0.2) is 11.6 Å². The summed E-state index contributed by atoms with van der Waals surface area (Å²) in [4.78, 5) is 0. The van der Waals surface area contributed by atoms with Gasteiger partial charge in [-0.3, -0.25) is 0 Å². The summed E-state index contributed by atoms with van der Waals surface area (Å²) in [5, 5.41) is 20.2. The van der Waals surface area contributed by atoms with Crippen LogP contribution in [0.4, 0.5) is 0 Å². The molecule has 1 spiro atoms. The molecule has 0 aromatic carbocycles. The lowest BCUT2D eigenvalue weighted by Crippen LogP contribution is -2.51. The maximum Gasteiger partial charge on any atom is 0.172 e. The quantitative estimate of drug-likeness (QED) is 0.593. The highest BCUT2D eigenvalue weighted by atomic mass is 16.7. The van der Waals surface area contributed by atoms with Crippen molar-refractivity contribution < 1.29 is 19.7 Å². The molecule has 4 heteroatoms. The Morgan fingerprint density at radius 3 is 2.68 bits per heavy atom. The van der Waals surface area contributed by atoms with E-state index in [-0.39, 0.29) is 18.1 Å². The number of aliphatic hydroxyl groups excluding tert-OH is 2. The molecule has 2 aliphatic heterocycles. The maximum absolute atomic E-state index is 10.3. The molecule has 0 bridgehead atoms. The third kappa shape index (κ3) is 2.68. The van der Waals surface area contributed by atoms with Crippen molar-refractivity contribution >= 4 is 0 Å². The van der Waals surface area contributed by atoms with E-state index in [1.165, 1.54) is 25.7 Å². The molecule has 11 atom stereocenters. The first kappa shape index (κ1) is 21.1. The van der Waals surface area contributed by atoms with Crippen LogP contribution < -0.4 is 0 Å². The molecule has 4 nitrogen and oxygen atoms in total. The Morgan fingerprint density at radius 1 is 1.13 bits per heavy atom. The van der Waals surface area contributed by atoms with Gasteiger partial charge in [0.1, 0.15) is 0 Å². The van der Waals surface area contributed by atoms with E-state index in [0.29, 0.717) is 35.4 Å². The zero-order valence-electron chi connectivity index (χ0n) is 19.9. The number of hydrogen-bond acceptors (Lipinski definition) is 4. The first-order valence-corrected chi connectivity index (χ1v) is 12.9. The van der Waals surface area contributed by atoms with E-state index in [9.17, 15) is 10.2 Å². The summed E-state index contributed by atoms with van der Waals surface area (Å²) in [7, 11) is 0. The van der Waals surface area contributed by atoms with Crippen LogP contribution in [0, 0.1) is 45.8 Å². The average Bonchev–Trinajstić information content (AvgIpc) is 3.32. The Labute approximate surface area is 187 Å². The van der Waals surface area contributed by atoms with Gasteiger partial charge in [-0.05, 0) is 79.4 Å². The van der Waals surface area contributed by atoms with E-state index in [1.807, 2.05) is 0 Å². The summed E-state index contributed by atoms with van der Waals surface area (Å²) in [6.45, 7) is 10.4. The fraction of sp³-hybridized carbons (Fsp3) is 0.926. The largest absolute Gasteiger partial charge is 0.396 e. The van der Waals surface area contributed by atoms with Crippen LogP contribution in [-0.4, -0.2) is 41.4 Å². The molecular weight excluding hydrogens is 388 g/mol. The molecule has 6 rings (SSSR count). The van der Waals surface area contributed by atoms with Gasteiger partial charge in [-0.2, -0.15) is 0 Å². The predicted molar refractivity (Wildman–Crippen MR) is 119 cm³/mol. The summed E-state index contributed by atoms with van der Waals surface area (Å²) in [6, 6.07) is 0. The van der Waals surface area contributed by atoms with Crippen LogP contribution in [0.2, 0.25) is 0 Å². The lowest BCUT2D eigenvalue weighted by molar-refractivity contribution is -0.220. The van der Waals surface area contributed by atoms with Crippen LogP contribution in [0.25, 0.3) is 0 Å². The van der Waals surface area contributed by atoms with Crippen molar-refractivity contribution in [2.24, 2.45) is 45.8 Å². The van der Waals surface area contributed by atoms with E-state index in [2.05, 4.69) is 33.8 Å². The zero-order chi connectivity index (χ0) is 21.8. The summed E-state index contributed by atoms with van der Waals surface area (Å²) in [6.07, 6.45) is 11.5. The van der Waals surface area contributed by atoms with Crippen LogP contribution in [0.5, 0.6) is 0 Å². The van der Waals surface area contributed by atoms with Gasteiger partial charge in [0.2, 0.25) is 0 Å². The van der Waals surface area contributed by atoms with Crippen molar-refractivity contribution in [3.8, 4) is 0 Å². The van der Waals surface area contributed by atoms with Crippen LogP contribution in [0.3, 0.4) is 0 Å². The molecule has 174 valence electrons. The molecule has 3 saturated carbocycles. The highest BCUT2D eigenvalue weighted by Gasteiger charge is 2.70. The number of ether oxygens (including phenoxy) is 2. The fourth-order valence-electron chi connectivity index (χ4n) is 9.78. The SMILES string of the molecule is C[C@H]1[C@H]2[C@H](C[C@H]3[C@@H]4CC=C5C[C@@H](O)CC[C@]5(C)[C@H]4CC[C@]23C)O[C@]12C[C@@](C)(CO)CO2. The van der Waals surface area contributed by atoms with E-state index >= 15 is 0 Å². The minimum Gasteiger partial charge on any atom is -0.396 e. The molecule has 5 fully saturated rings. The molecule has 4 aliphatic carbocycles. The Hall–Kier alpha value is -0.420. The minimum absolute atomic E-state index is 0.128. The topological polar surface area (TPSA) is 58.9 Å². The van der Waals surface area contributed by atoms with E-state index < -0.39 is 5.79 Å². The van der Waals surface area contributed by atoms with Crippen LogP contribution >= 0.6 is 0 Å². The summed E-state index contributed by atoms with van der Waals surface area (Å²) in [5.74, 6) is 2.71. The highest BCUT2D eigenvalue weighted by molar-refractivity contribution is 5.26. The number of rotatable bonds is 1. The average molecular weight is 431 g/mol. The fourth-order valence-corrected chi connectivity index (χ4v) is 9.78.